The highest BCUT2D eigenvalue weighted by Crippen LogP contribution is 2.42. The molecule has 0 amide bonds. The first-order valence-corrected chi connectivity index (χ1v) is 7.86. The Hall–Kier alpha value is -0.570. The Morgan fingerprint density at radius 1 is 1.26 bits per heavy atom. The van der Waals surface area contributed by atoms with E-state index in [0.29, 0.717) is 18.4 Å². The third-order valence-electron chi connectivity index (χ3n) is 4.11. The van der Waals surface area contributed by atoms with Crippen molar-refractivity contribution in [1.82, 2.24) is 5.32 Å². The van der Waals surface area contributed by atoms with Crippen molar-refractivity contribution in [3.63, 3.8) is 0 Å². The van der Waals surface area contributed by atoms with Crippen molar-refractivity contribution < 1.29 is 9.53 Å². The Kier molecular flexibility index (Phi) is 6.84. The van der Waals surface area contributed by atoms with Crippen molar-refractivity contribution in [3.8, 4) is 0 Å². The molecule has 0 saturated heterocycles. The molecule has 1 aliphatic rings. The number of hydrogen-bond acceptors (Lipinski definition) is 3. The van der Waals surface area contributed by atoms with Crippen molar-refractivity contribution >= 4 is 5.97 Å². The predicted molar refractivity (Wildman–Crippen MR) is 79.1 cm³/mol. The SMILES string of the molecule is CCOC(=O)CC(C)NCC1(CC(C)C)CCCC1. The molecule has 1 atom stereocenters. The van der Waals surface area contributed by atoms with Crippen LogP contribution < -0.4 is 5.32 Å². The number of hydrogen-bond donors (Lipinski definition) is 1. The molecule has 0 aromatic rings. The van der Waals surface area contributed by atoms with Gasteiger partial charge in [0.25, 0.3) is 0 Å². The van der Waals surface area contributed by atoms with Gasteiger partial charge >= 0.3 is 5.97 Å². The number of ether oxygens (including phenoxy) is 1. The molecule has 0 aromatic carbocycles. The van der Waals surface area contributed by atoms with Crippen molar-refractivity contribution in [2.45, 2.75) is 72.3 Å². The van der Waals surface area contributed by atoms with Crippen LogP contribution >= 0.6 is 0 Å². The van der Waals surface area contributed by atoms with Crippen molar-refractivity contribution in [2.24, 2.45) is 11.3 Å². The quantitative estimate of drug-likeness (QED) is 0.685. The van der Waals surface area contributed by atoms with E-state index in [9.17, 15) is 4.79 Å². The molecule has 1 rings (SSSR count). The summed E-state index contributed by atoms with van der Waals surface area (Å²) in [6.07, 6.45) is 7.17. The largest absolute Gasteiger partial charge is 0.466 e. The molecular weight excluding hydrogens is 238 g/mol. The molecule has 0 aliphatic heterocycles. The van der Waals surface area contributed by atoms with Gasteiger partial charge < -0.3 is 10.1 Å². The average Bonchev–Trinajstić information content (AvgIpc) is 2.75. The Morgan fingerprint density at radius 2 is 1.89 bits per heavy atom. The molecule has 0 spiro atoms. The summed E-state index contributed by atoms with van der Waals surface area (Å²) in [5, 5.41) is 3.56. The third-order valence-corrected chi connectivity index (χ3v) is 4.11. The molecule has 1 fully saturated rings. The van der Waals surface area contributed by atoms with Crippen LogP contribution in [0.3, 0.4) is 0 Å². The minimum Gasteiger partial charge on any atom is -0.466 e. The van der Waals surface area contributed by atoms with Crippen LogP contribution in [0.2, 0.25) is 0 Å². The number of esters is 1. The van der Waals surface area contributed by atoms with Gasteiger partial charge in [0.2, 0.25) is 0 Å². The molecule has 0 radical (unpaired) electrons. The lowest BCUT2D eigenvalue weighted by atomic mass is 9.78. The Balaban J connectivity index is 2.37. The minimum atomic E-state index is -0.0909. The molecule has 3 nitrogen and oxygen atoms in total. The van der Waals surface area contributed by atoms with E-state index in [4.69, 9.17) is 4.74 Å². The molecule has 112 valence electrons. The van der Waals surface area contributed by atoms with Crippen LogP contribution in [0.4, 0.5) is 0 Å². The summed E-state index contributed by atoms with van der Waals surface area (Å²) in [4.78, 5) is 11.4. The van der Waals surface area contributed by atoms with E-state index in [1.165, 1.54) is 32.1 Å². The average molecular weight is 269 g/mol. The summed E-state index contributed by atoms with van der Waals surface area (Å²) in [6, 6.07) is 0.212. The molecule has 1 N–H and O–H groups in total. The van der Waals surface area contributed by atoms with Gasteiger partial charge in [0.1, 0.15) is 0 Å². The molecule has 19 heavy (non-hydrogen) atoms. The molecule has 0 aromatic heterocycles. The number of nitrogens with one attached hydrogen (secondary N) is 1. The maximum Gasteiger partial charge on any atom is 0.307 e. The summed E-state index contributed by atoms with van der Waals surface area (Å²) in [6.45, 7) is 10.1. The second kappa shape index (κ2) is 7.88. The maximum absolute atomic E-state index is 11.4. The van der Waals surface area contributed by atoms with E-state index < -0.39 is 0 Å². The summed E-state index contributed by atoms with van der Waals surface area (Å²) in [5.74, 6) is 0.659. The van der Waals surface area contributed by atoms with Crippen LogP contribution in [0, 0.1) is 11.3 Å². The first kappa shape index (κ1) is 16.5. The monoisotopic (exact) mass is 269 g/mol. The van der Waals surface area contributed by atoms with Crippen LogP contribution in [-0.2, 0) is 9.53 Å². The van der Waals surface area contributed by atoms with E-state index in [0.717, 1.165) is 12.5 Å². The number of carbonyl (C=O) groups excluding carboxylic acids is 1. The molecule has 3 heteroatoms. The van der Waals surface area contributed by atoms with Gasteiger partial charge in [0.15, 0.2) is 0 Å². The van der Waals surface area contributed by atoms with Crippen molar-refractivity contribution in [1.29, 1.82) is 0 Å². The number of carbonyl (C=O) groups is 1. The van der Waals surface area contributed by atoms with Crippen LogP contribution in [0.5, 0.6) is 0 Å². The van der Waals surface area contributed by atoms with Crippen LogP contribution in [0.1, 0.15) is 66.2 Å². The normalized spacial score (nSPS) is 19.6. The van der Waals surface area contributed by atoms with E-state index in [-0.39, 0.29) is 12.0 Å². The third kappa shape index (κ3) is 5.94. The Bertz CT molecular complexity index is 270. The zero-order chi connectivity index (χ0) is 14.3. The summed E-state index contributed by atoms with van der Waals surface area (Å²) in [7, 11) is 0. The zero-order valence-electron chi connectivity index (χ0n) is 13.1. The molecule has 0 heterocycles. The van der Waals surface area contributed by atoms with E-state index >= 15 is 0 Å². The second-order valence-corrected chi connectivity index (χ2v) is 6.60. The minimum absolute atomic E-state index is 0.0909. The van der Waals surface area contributed by atoms with Gasteiger partial charge in [-0.25, -0.2) is 0 Å². The molecule has 0 bridgehead atoms. The number of rotatable bonds is 8. The van der Waals surface area contributed by atoms with Crippen LogP contribution in [0.15, 0.2) is 0 Å². The Labute approximate surface area is 118 Å². The van der Waals surface area contributed by atoms with Crippen molar-refractivity contribution in [2.75, 3.05) is 13.2 Å². The lowest BCUT2D eigenvalue weighted by Gasteiger charge is -2.32. The van der Waals surface area contributed by atoms with Gasteiger partial charge in [-0.05, 0) is 44.4 Å². The lowest BCUT2D eigenvalue weighted by Crippen LogP contribution is -2.39. The lowest BCUT2D eigenvalue weighted by molar-refractivity contribution is -0.143. The molecule has 1 saturated carbocycles. The Morgan fingerprint density at radius 3 is 2.42 bits per heavy atom. The zero-order valence-corrected chi connectivity index (χ0v) is 13.1. The standard InChI is InChI=1S/C16H31NO2/c1-5-19-15(18)10-14(4)17-12-16(11-13(2)3)8-6-7-9-16/h13-14,17H,5-12H2,1-4H3. The highest BCUT2D eigenvalue weighted by molar-refractivity contribution is 5.69. The fraction of sp³-hybridized carbons (Fsp3) is 0.938. The van der Waals surface area contributed by atoms with Gasteiger partial charge in [-0.15, -0.1) is 0 Å². The second-order valence-electron chi connectivity index (χ2n) is 6.60. The van der Waals surface area contributed by atoms with Crippen LogP contribution in [0.25, 0.3) is 0 Å². The van der Waals surface area contributed by atoms with Crippen molar-refractivity contribution in [3.05, 3.63) is 0 Å². The van der Waals surface area contributed by atoms with Gasteiger partial charge in [-0.2, -0.15) is 0 Å². The fourth-order valence-electron chi connectivity index (χ4n) is 3.38. The van der Waals surface area contributed by atoms with E-state index in [1.54, 1.807) is 0 Å². The summed E-state index contributed by atoms with van der Waals surface area (Å²) >= 11 is 0. The smallest absolute Gasteiger partial charge is 0.307 e. The van der Waals surface area contributed by atoms with Gasteiger partial charge in [0.05, 0.1) is 13.0 Å². The van der Waals surface area contributed by atoms with E-state index in [1.807, 2.05) is 6.92 Å². The fourth-order valence-corrected chi connectivity index (χ4v) is 3.38. The van der Waals surface area contributed by atoms with E-state index in [2.05, 4.69) is 26.1 Å². The first-order valence-electron chi connectivity index (χ1n) is 7.86. The molecule has 1 aliphatic carbocycles. The first-order chi connectivity index (χ1) is 8.97. The highest BCUT2D eigenvalue weighted by Gasteiger charge is 2.34. The molecule has 1 unspecified atom stereocenters. The predicted octanol–water partition coefficient (Wildman–Crippen LogP) is 3.52. The van der Waals surface area contributed by atoms with Gasteiger partial charge in [-0.1, -0.05) is 26.7 Å². The summed E-state index contributed by atoms with van der Waals surface area (Å²) in [5.41, 5.74) is 0.469. The van der Waals surface area contributed by atoms with Gasteiger partial charge in [-0.3, -0.25) is 4.79 Å². The van der Waals surface area contributed by atoms with Crippen LogP contribution in [-0.4, -0.2) is 25.2 Å². The summed E-state index contributed by atoms with van der Waals surface area (Å²) < 4.78 is 5.00. The highest BCUT2D eigenvalue weighted by atomic mass is 16.5. The molecular formula is C16H31NO2. The van der Waals surface area contributed by atoms with Gasteiger partial charge in [0, 0.05) is 12.6 Å². The maximum atomic E-state index is 11.4. The topological polar surface area (TPSA) is 38.3 Å².